The maximum absolute atomic E-state index is 14.7. The zero-order valence-electron chi connectivity index (χ0n) is 19.4. The number of nitrogens with one attached hydrogen (secondary N) is 2. The van der Waals surface area contributed by atoms with Crippen molar-refractivity contribution in [3.63, 3.8) is 0 Å². The van der Waals surface area contributed by atoms with Crippen molar-refractivity contribution in [2.24, 2.45) is 0 Å². The maximum atomic E-state index is 14.7. The number of rotatable bonds is 9. The molecule has 2 N–H and O–H groups in total. The minimum Gasteiger partial charge on any atom is -0.354 e. The Labute approximate surface area is 195 Å². The van der Waals surface area contributed by atoms with Crippen LogP contribution in [0.1, 0.15) is 69.7 Å². The molecule has 33 heavy (non-hydrogen) atoms. The highest BCUT2D eigenvalue weighted by Gasteiger charge is 2.38. The Kier molecular flexibility index (Phi) is 7.03. The third-order valence-electron chi connectivity index (χ3n) is 6.13. The van der Waals surface area contributed by atoms with Crippen LogP contribution >= 0.6 is 0 Å². The number of hydrogen-bond donors (Lipinski definition) is 2. The summed E-state index contributed by atoms with van der Waals surface area (Å²) < 4.78 is 39.5. The molecule has 0 unspecified atom stereocenters. The molecule has 0 amide bonds. The summed E-state index contributed by atoms with van der Waals surface area (Å²) in [6.45, 7) is 6.52. The molecule has 6 nitrogen and oxygen atoms in total. The molecule has 1 aromatic heterocycles. The first kappa shape index (κ1) is 24.6. The van der Waals surface area contributed by atoms with Crippen LogP contribution < -0.4 is 5.32 Å². The summed E-state index contributed by atoms with van der Waals surface area (Å²) in [5.41, 5.74) is 4.26. The van der Waals surface area contributed by atoms with Gasteiger partial charge in [-0.3, -0.25) is 4.98 Å². The van der Waals surface area contributed by atoms with E-state index in [1.165, 1.54) is 31.7 Å². The Balaban J connectivity index is 1.86. The summed E-state index contributed by atoms with van der Waals surface area (Å²) in [4.78, 5) is 4.37. The van der Waals surface area contributed by atoms with Gasteiger partial charge < -0.3 is 10.7 Å². The van der Waals surface area contributed by atoms with Gasteiger partial charge in [0.05, 0.1) is 22.7 Å². The van der Waals surface area contributed by atoms with E-state index >= 15 is 0 Å². The largest absolute Gasteiger partial charge is 0.354 e. The van der Waals surface area contributed by atoms with Crippen LogP contribution in [0.25, 0.3) is 5.70 Å². The van der Waals surface area contributed by atoms with Gasteiger partial charge in [0.2, 0.25) is 0 Å². The van der Waals surface area contributed by atoms with E-state index in [-0.39, 0.29) is 11.5 Å². The second kappa shape index (κ2) is 9.44. The Hall–Kier alpha value is -3.05. The third-order valence-corrected chi connectivity index (χ3v) is 8.87. The molecule has 8 heteroatoms. The highest BCUT2D eigenvalue weighted by Crippen LogP contribution is 2.37. The van der Waals surface area contributed by atoms with Crippen LogP contribution in [0.2, 0.25) is 0 Å². The van der Waals surface area contributed by atoms with Gasteiger partial charge in [-0.1, -0.05) is 13.8 Å². The monoisotopic (exact) mass is 468 g/mol. The Morgan fingerprint density at radius 3 is 2.55 bits per heavy atom. The first-order valence-electron chi connectivity index (χ1n) is 10.9. The zero-order chi connectivity index (χ0) is 24.4. The van der Waals surface area contributed by atoms with E-state index in [1.54, 1.807) is 38.1 Å². The highest BCUT2D eigenvalue weighted by atomic mass is 32.2. The lowest BCUT2D eigenvalue weighted by Crippen LogP contribution is -2.42. The summed E-state index contributed by atoms with van der Waals surface area (Å²) >= 11 is 0. The van der Waals surface area contributed by atoms with Crippen molar-refractivity contribution in [2.45, 2.75) is 57.6 Å². The number of nitrogens with zero attached hydrogens (tertiary/aromatic N) is 2. The smallest absolute Gasteiger partial charge is 0.161 e. The molecule has 1 fully saturated rings. The lowest BCUT2D eigenvalue weighted by molar-refractivity contribution is 0.564. The van der Waals surface area contributed by atoms with Gasteiger partial charge in [-0.2, -0.15) is 5.26 Å². The zero-order valence-corrected chi connectivity index (χ0v) is 20.2. The normalized spacial score (nSPS) is 14.4. The van der Waals surface area contributed by atoms with Crippen LogP contribution in [0.4, 0.5) is 10.1 Å². The highest BCUT2D eigenvalue weighted by molar-refractivity contribution is 7.93. The molecule has 0 radical (unpaired) electrons. The number of pyridine rings is 1. The van der Waals surface area contributed by atoms with Gasteiger partial charge in [0.25, 0.3) is 0 Å². The molecule has 1 saturated carbocycles. The number of sulfone groups is 1. The molecule has 3 rings (SSSR count). The second-order valence-electron chi connectivity index (χ2n) is 8.91. The summed E-state index contributed by atoms with van der Waals surface area (Å²) in [6.07, 6.45) is 3.73. The van der Waals surface area contributed by atoms with Crippen LogP contribution in [0.3, 0.4) is 0 Å². The van der Waals surface area contributed by atoms with Gasteiger partial charge in [-0.15, -0.1) is 0 Å². The SMILES string of the molecule is CCC(=N)C(C)(C)S(=O)(=O)C[C@H](C)c1cc(NC(=C2CC2)c2ccc(C#N)cn2)ccc1F. The standard InChI is InChI=1S/C25H29FN4O2S/c1-5-23(28)25(3,4)33(31,32)15-16(2)20-12-19(9-10-21(20)26)30-24(18-7-8-18)22-11-6-17(13-27)14-29-22/h6,9-12,14,16,28,30H,5,7-8,15H2,1-4H3/t16-/m0/s1. The molecule has 1 aromatic carbocycles. The second-order valence-corrected chi connectivity index (χ2v) is 11.5. The van der Waals surface area contributed by atoms with Crippen LogP contribution in [0.5, 0.6) is 0 Å². The molecule has 1 atom stereocenters. The minimum atomic E-state index is -3.68. The van der Waals surface area contributed by atoms with Gasteiger partial charge in [0.1, 0.15) is 16.6 Å². The number of nitriles is 1. The van der Waals surface area contributed by atoms with E-state index in [4.69, 9.17) is 10.7 Å². The molecule has 0 bridgehead atoms. The quantitative estimate of drug-likeness (QED) is 0.477. The minimum absolute atomic E-state index is 0.140. The van der Waals surface area contributed by atoms with Crippen LogP contribution in [0, 0.1) is 22.6 Å². The fraction of sp³-hybridized carbons (Fsp3) is 0.400. The Morgan fingerprint density at radius 1 is 1.30 bits per heavy atom. The van der Waals surface area contributed by atoms with Gasteiger partial charge in [-0.05, 0) is 80.5 Å². The van der Waals surface area contributed by atoms with E-state index in [9.17, 15) is 12.8 Å². The number of aromatic nitrogens is 1. The maximum Gasteiger partial charge on any atom is 0.161 e. The summed E-state index contributed by atoms with van der Waals surface area (Å²) in [5, 5.41) is 20.4. The van der Waals surface area contributed by atoms with Crippen molar-refractivity contribution < 1.29 is 12.8 Å². The van der Waals surface area contributed by atoms with E-state index in [0.717, 1.165) is 18.5 Å². The van der Waals surface area contributed by atoms with E-state index in [2.05, 4.69) is 16.4 Å². The predicted octanol–water partition coefficient (Wildman–Crippen LogP) is 5.44. The van der Waals surface area contributed by atoms with Gasteiger partial charge in [0.15, 0.2) is 9.84 Å². The summed E-state index contributed by atoms with van der Waals surface area (Å²) in [6, 6.07) is 10.1. The van der Waals surface area contributed by atoms with Crippen LogP contribution in [-0.4, -0.2) is 29.6 Å². The molecule has 1 heterocycles. The summed E-state index contributed by atoms with van der Waals surface area (Å²) in [5.74, 6) is -1.32. The number of anilines is 1. The molecule has 0 aliphatic heterocycles. The number of benzene rings is 1. The average Bonchev–Trinajstić information content (AvgIpc) is 3.62. The first-order valence-corrected chi connectivity index (χ1v) is 12.6. The van der Waals surface area contributed by atoms with Gasteiger partial charge in [-0.25, -0.2) is 12.8 Å². The van der Waals surface area contributed by atoms with Gasteiger partial charge in [0, 0.05) is 17.6 Å². The molecule has 1 aliphatic rings. The Morgan fingerprint density at radius 2 is 2.00 bits per heavy atom. The van der Waals surface area contributed by atoms with Crippen molar-refractivity contribution in [2.75, 3.05) is 11.1 Å². The van der Waals surface area contributed by atoms with Crippen molar-refractivity contribution in [3.05, 3.63) is 64.7 Å². The lowest BCUT2D eigenvalue weighted by atomic mass is 10.0. The van der Waals surface area contributed by atoms with Crippen molar-refractivity contribution in [3.8, 4) is 6.07 Å². The molecule has 2 aromatic rings. The van der Waals surface area contributed by atoms with Crippen molar-refractivity contribution in [1.82, 2.24) is 4.98 Å². The molecule has 0 spiro atoms. The molecule has 0 saturated heterocycles. The van der Waals surface area contributed by atoms with Crippen molar-refractivity contribution >= 4 is 26.9 Å². The van der Waals surface area contributed by atoms with Crippen LogP contribution in [0.15, 0.2) is 42.1 Å². The molecule has 174 valence electrons. The van der Waals surface area contributed by atoms with E-state index < -0.39 is 26.3 Å². The lowest BCUT2D eigenvalue weighted by Gasteiger charge is -2.27. The number of hydrogen-bond acceptors (Lipinski definition) is 6. The molecular weight excluding hydrogens is 439 g/mol. The molecular formula is C25H29FN4O2S. The van der Waals surface area contributed by atoms with E-state index in [0.29, 0.717) is 28.9 Å². The number of halogens is 1. The third kappa shape index (κ3) is 5.31. The summed E-state index contributed by atoms with van der Waals surface area (Å²) in [7, 11) is -3.68. The Bertz CT molecular complexity index is 1240. The fourth-order valence-electron chi connectivity index (χ4n) is 3.64. The van der Waals surface area contributed by atoms with E-state index in [1.807, 2.05) is 0 Å². The van der Waals surface area contributed by atoms with Gasteiger partial charge >= 0.3 is 0 Å². The first-order chi connectivity index (χ1) is 15.5. The van der Waals surface area contributed by atoms with Crippen LogP contribution in [-0.2, 0) is 9.84 Å². The average molecular weight is 469 g/mol. The molecule has 1 aliphatic carbocycles. The predicted molar refractivity (Wildman–Crippen MR) is 129 cm³/mol. The van der Waals surface area contributed by atoms with Crippen molar-refractivity contribution in [1.29, 1.82) is 10.7 Å². The number of allylic oxidation sites excluding steroid dienone is 1. The fourth-order valence-corrected chi connectivity index (χ4v) is 5.41. The topological polar surface area (TPSA) is 107 Å².